The number of fused-ring (bicyclic) bond motifs is 1. The van der Waals surface area contributed by atoms with Crippen molar-refractivity contribution in [3.05, 3.63) is 35.9 Å². The lowest BCUT2D eigenvalue weighted by molar-refractivity contribution is -0.135. The summed E-state index contributed by atoms with van der Waals surface area (Å²) in [4.78, 5) is 28.3. The second kappa shape index (κ2) is 5.83. The zero-order valence-electron chi connectivity index (χ0n) is 13.3. The number of aromatic nitrogens is 1. The van der Waals surface area contributed by atoms with Crippen LogP contribution in [0.5, 0.6) is 0 Å². The van der Waals surface area contributed by atoms with Crippen LogP contribution >= 0.6 is 0 Å². The van der Waals surface area contributed by atoms with Gasteiger partial charge in [-0.3, -0.25) is 14.9 Å². The lowest BCUT2D eigenvalue weighted by Gasteiger charge is -2.24. The summed E-state index contributed by atoms with van der Waals surface area (Å²) in [6.45, 7) is 7.77. The molecule has 23 heavy (non-hydrogen) atoms. The lowest BCUT2D eigenvalue weighted by Crippen LogP contribution is -2.41. The highest BCUT2D eigenvalue weighted by molar-refractivity contribution is 6.02. The molecule has 2 heterocycles. The number of carbonyl (C=O) groups is 2. The molecule has 1 fully saturated rings. The van der Waals surface area contributed by atoms with Crippen LogP contribution < -0.4 is 5.32 Å². The SMILES string of the molecule is C=Cc1c(/N=C\C)n(C2CCC(=O)NC2=O)c2ccc(C)cc12. The second-order valence-corrected chi connectivity index (χ2v) is 5.69. The van der Waals surface area contributed by atoms with Gasteiger partial charge in [-0.15, -0.1) is 0 Å². The summed E-state index contributed by atoms with van der Waals surface area (Å²) in [5, 5.41) is 3.44. The topological polar surface area (TPSA) is 63.5 Å². The van der Waals surface area contributed by atoms with Crippen LogP contribution in [0.1, 0.15) is 36.9 Å². The van der Waals surface area contributed by atoms with Gasteiger partial charge in [0.1, 0.15) is 11.9 Å². The molecule has 3 rings (SSSR count). The Morgan fingerprint density at radius 2 is 2.17 bits per heavy atom. The highest BCUT2D eigenvalue weighted by Crippen LogP contribution is 2.38. The van der Waals surface area contributed by atoms with E-state index in [1.165, 1.54) is 0 Å². The smallest absolute Gasteiger partial charge is 0.249 e. The third-order valence-corrected chi connectivity index (χ3v) is 4.15. The van der Waals surface area contributed by atoms with E-state index in [0.717, 1.165) is 22.0 Å². The van der Waals surface area contributed by atoms with Gasteiger partial charge in [0, 0.05) is 23.6 Å². The van der Waals surface area contributed by atoms with Crippen molar-refractivity contribution in [3.8, 4) is 0 Å². The number of piperidine rings is 1. The molecule has 5 heteroatoms. The molecule has 5 nitrogen and oxygen atoms in total. The number of carbonyl (C=O) groups excluding carboxylic acids is 2. The van der Waals surface area contributed by atoms with E-state index in [2.05, 4.69) is 23.0 Å². The normalized spacial score (nSPS) is 18.6. The first-order chi connectivity index (χ1) is 11.1. The number of nitrogens with zero attached hydrogens (tertiary/aromatic N) is 2. The Bertz CT molecular complexity index is 846. The molecular formula is C18H19N3O2. The number of nitrogens with one attached hydrogen (secondary N) is 1. The van der Waals surface area contributed by atoms with E-state index >= 15 is 0 Å². The molecule has 1 unspecified atom stereocenters. The average Bonchev–Trinajstić information content (AvgIpc) is 2.80. The maximum atomic E-state index is 12.3. The van der Waals surface area contributed by atoms with Crippen LogP contribution in [0, 0.1) is 6.92 Å². The summed E-state index contributed by atoms with van der Waals surface area (Å²) >= 11 is 0. The molecule has 1 aromatic carbocycles. The van der Waals surface area contributed by atoms with Crippen molar-refractivity contribution in [2.45, 2.75) is 32.7 Å². The summed E-state index contributed by atoms with van der Waals surface area (Å²) in [6.07, 6.45) is 4.29. The minimum atomic E-state index is -0.440. The zero-order chi connectivity index (χ0) is 16.6. The molecule has 0 radical (unpaired) electrons. The molecular weight excluding hydrogens is 290 g/mol. The van der Waals surface area contributed by atoms with E-state index in [1.807, 2.05) is 30.5 Å². The summed E-state index contributed by atoms with van der Waals surface area (Å²) < 4.78 is 1.92. The molecule has 1 N–H and O–H groups in total. The number of hydrogen-bond donors (Lipinski definition) is 1. The molecule has 0 bridgehead atoms. The van der Waals surface area contributed by atoms with Gasteiger partial charge in [-0.2, -0.15) is 0 Å². The van der Waals surface area contributed by atoms with Gasteiger partial charge in [0.2, 0.25) is 11.8 Å². The van der Waals surface area contributed by atoms with Gasteiger partial charge in [0.05, 0.1) is 5.52 Å². The Morgan fingerprint density at radius 1 is 1.39 bits per heavy atom. The Kier molecular flexibility index (Phi) is 3.86. The van der Waals surface area contributed by atoms with E-state index in [-0.39, 0.29) is 11.8 Å². The monoisotopic (exact) mass is 309 g/mol. The standard InChI is InChI=1S/C18H19N3O2/c1-4-12-13-10-11(3)6-7-14(13)21(17(12)19-5-2)15-8-9-16(22)20-18(15)23/h4-7,10,15H,1,8-9H2,2-3H3,(H,20,22,23)/b19-5-. The number of benzene rings is 1. The van der Waals surface area contributed by atoms with Gasteiger partial charge in [-0.1, -0.05) is 24.3 Å². The Morgan fingerprint density at radius 3 is 2.83 bits per heavy atom. The molecule has 118 valence electrons. The Hall–Kier alpha value is -2.69. The van der Waals surface area contributed by atoms with Crippen LogP contribution in [0.2, 0.25) is 0 Å². The largest absolute Gasteiger partial charge is 0.313 e. The van der Waals surface area contributed by atoms with Crippen molar-refractivity contribution in [2.75, 3.05) is 0 Å². The van der Waals surface area contributed by atoms with E-state index in [0.29, 0.717) is 18.7 Å². The van der Waals surface area contributed by atoms with E-state index in [4.69, 9.17) is 0 Å². The average molecular weight is 309 g/mol. The van der Waals surface area contributed by atoms with Gasteiger partial charge in [-0.05, 0) is 32.4 Å². The molecule has 0 aliphatic carbocycles. The van der Waals surface area contributed by atoms with Crippen molar-refractivity contribution in [1.29, 1.82) is 0 Å². The number of hydrogen-bond acceptors (Lipinski definition) is 3. The maximum Gasteiger partial charge on any atom is 0.249 e. The molecule has 1 aliphatic rings. The molecule has 2 aromatic rings. The van der Waals surface area contributed by atoms with Crippen LogP contribution in [0.3, 0.4) is 0 Å². The van der Waals surface area contributed by atoms with Gasteiger partial charge < -0.3 is 4.57 Å². The molecule has 1 aromatic heterocycles. The first-order valence-electron chi connectivity index (χ1n) is 7.66. The predicted octanol–water partition coefficient (Wildman–Crippen LogP) is 3.29. The number of imide groups is 1. The quantitative estimate of drug-likeness (QED) is 0.698. The highest BCUT2D eigenvalue weighted by Gasteiger charge is 2.31. The van der Waals surface area contributed by atoms with Gasteiger partial charge in [-0.25, -0.2) is 4.99 Å². The fourth-order valence-corrected chi connectivity index (χ4v) is 3.14. The van der Waals surface area contributed by atoms with E-state index in [1.54, 1.807) is 12.3 Å². The van der Waals surface area contributed by atoms with Crippen molar-refractivity contribution in [2.24, 2.45) is 4.99 Å². The number of amides is 2. The van der Waals surface area contributed by atoms with E-state index in [9.17, 15) is 9.59 Å². The molecule has 0 saturated carbocycles. The first-order valence-corrected chi connectivity index (χ1v) is 7.66. The van der Waals surface area contributed by atoms with Crippen LogP contribution in [0.25, 0.3) is 17.0 Å². The fourth-order valence-electron chi connectivity index (χ4n) is 3.14. The molecule has 1 aliphatic heterocycles. The minimum Gasteiger partial charge on any atom is -0.313 e. The third kappa shape index (κ3) is 2.48. The number of aliphatic imine (C=N–C) groups is 1. The summed E-state index contributed by atoms with van der Waals surface area (Å²) in [5.41, 5.74) is 2.97. The van der Waals surface area contributed by atoms with Crippen molar-refractivity contribution in [1.82, 2.24) is 9.88 Å². The molecule has 2 amide bonds. The Balaban J connectivity index is 2.30. The van der Waals surface area contributed by atoms with E-state index < -0.39 is 6.04 Å². The van der Waals surface area contributed by atoms with Crippen molar-refractivity contribution < 1.29 is 9.59 Å². The van der Waals surface area contributed by atoms with Crippen LogP contribution in [0.4, 0.5) is 5.82 Å². The second-order valence-electron chi connectivity index (χ2n) is 5.69. The predicted molar refractivity (Wildman–Crippen MR) is 92.0 cm³/mol. The van der Waals surface area contributed by atoms with Crippen LogP contribution in [-0.2, 0) is 9.59 Å². The number of rotatable bonds is 3. The Labute approximate surface area is 134 Å². The van der Waals surface area contributed by atoms with Gasteiger partial charge in [0.25, 0.3) is 0 Å². The van der Waals surface area contributed by atoms with Crippen LogP contribution in [-0.4, -0.2) is 22.6 Å². The molecule has 1 atom stereocenters. The summed E-state index contributed by atoms with van der Waals surface area (Å²) in [5.74, 6) is 0.211. The molecule has 1 saturated heterocycles. The maximum absolute atomic E-state index is 12.3. The molecule has 0 spiro atoms. The summed E-state index contributed by atoms with van der Waals surface area (Å²) in [6, 6.07) is 5.64. The third-order valence-electron chi connectivity index (χ3n) is 4.15. The highest BCUT2D eigenvalue weighted by atomic mass is 16.2. The summed E-state index contributed by atoms with van der Waals surface area (Å²) in [7, 11) is 0. The zero-order valence-corrected chi connectivity index (χ0v) is 13.3. The first kappa shape index (κ1) is 15.2. The lowest BCUT2D eigenvalue weighted by atomic mass is 10.1. The number of aryl methyl sites for hydroxylation is 1. The van der Waals surface area contributed by atoms with Crippen LogP contribution in [0.15, 0.2) is 29.8 Å². The van der Waals surface area contributed by atoms with Gasteiger partial charge in [0.15, 0.2) is 0 Å². The van der Waals surface area contributed by atoms with Gasteiger partial charge >= 0.3 is 0 Å². The van der Waals surface area contributed by atoms with Crippen molar-refractivity contribution in [3.63, 3.8) is 0 Å². The minimum absolute atomic E-state index is 0.219. The van der Waals surface area contributed by atoms with Crippen molar-refractivity contribution >= 4 is 40.8 Å². The fraction of sp³-hybridized carbons (Fsp3) is 0.278.